The Kier molecular flexibility index (Phi) is 5.92. The summed E-state index contributed by atoms with van der Waals surface area (Å²) in [6.07, 6.45) is 2.11. The highest BCUT2D eigenvalue weighted by atomic mass is 35.5. The van der Waals surface area contributed by atoms with Gasteiger partial charge in [0.1, 0.15) is 0 Å². The second-order valence-corrected chi connectivity index (χ2v) is 8.97. The monoisotopic (exact) mass is 427 g/mol. The number of carbonyl (C=O) groups excluding carboxylic acids is 1. The molecule has 0 N–H and O–H groups in total. The Morgan fingerprint density at radius 3 is 2.55 bits per heavy atom. The van der Waals surface area contributed by atoms with Crippen molar-refractivity contribution >= 4 is 40.2 Å². The Morgan fingerprint density at radius 2 is 1.83 bits per heavy atom. The lowest BCUT2D eigenvalue weighted by molar-refractivity contribution is -0.129. The first-order valence-electron chi connectivity index (χ1n) is 9.72. The van der Waals surface area contributed by atoms with Crippen LogP contribution < -0.4 is 5.56 Å². The van der Waals surface area contributed by atoms with Gasteiger partial charge in [0.25, 0.3) is 5.56 Å². The lowest BCUT2D eigenvalue weighted by atomic mass is 10.2. The molecular formula is C22H22ClN3O2S. The van der Waals surface area contributed by atoms with E-state index in [0.717, 1.165) is 31.5 Å². The molecule has 3 aromatic rings. The molecule has 2 heterocycles. The summed E-state index contributed by atoms with van der Waals surface area (Å²) in [5.74, 6) is 0.105. The zero-order chi connectivity index (χ0) is 20.4. The first-order chi connectivity index (χ1) is 14.0. The van der Waals surface area contributed by atoms with Crippen LogP contribution in [0.15, 0.2) is 58.5 Å². The minimum Gasteiger partial charge on any atom is -0.342 e. The highest BCUT2D eigenvalue weighted by molar-refractivity contribution is 8.00. The van der Waals surface area contributed by atoms with Crippen molar-refractivity contribution in [3.8, 4) is 0 Å². The molecule has 0 spiro atoms. The van der Waals surface area contributed by atoms with Crippen LogP contribution in [0.5, 0.6) is 0 Å². The molecule has 4 rings (SSSR count). The Hall–Kier alpha value is -2.31. The zero-order valence-corrected chi connectivity index (χ0v) is 17.7. The van der Waals surface area contributed by atoms with Crippen molar-refractivity contribution in [2.45, 2.75) is 36.7 Å². The third-order valence-corrected chi connectivity index (χ3v) is 6.46. The van der Waals surface area contributed by atoms with Crippen LogP contribution >= 0.6 is 23.4 Å². The molecule has 1 aliphatic rings. The number of thioether (sulfide) groups is 1. The van der Waals surface area contributed by atoms with Crippen molar-refractivity contribution in [1.82, 2.24) is 14.5 Å². The lowest BCUT2D eigenvalue weighted by Crippen LogP contribution is -2.34. The lowest BCUT2D eigenvalue weighted by Gasteiger charge is -2.21. The molecular weight excluding hydrogens is 406 g/mol. The van der Waals surface area contributed by atoms with Crippen molar-refractivity contribution < 1.29 is 4.79 Å². The van der Waals surface area contributed by atoms with Crippen LogP contribution in [-0.4, -0.2) is 38.7 Å². The van der Waals surface area contributed by atoms with Gasteiger partial charge in [0.15, 0.2) is 5.16 Å². The van der Waals surface area contributed by atoms with Crippen molar-refractivity contribution in [2.24, 2.45) is 0 Å². The first-order valence-corrected chi connectivity index (χ1v) is 11.0. The summed E-state index contributed by atoms with van der Waals surface area (Å²) < 4.78 is 1.66. The van der Waals surface area contributed by atoms with Crippen LogP contribution in [0.1, 0.15) is 25.3 Å². The minimum absolute atomic E-state index is 0.103. The first kappa shape index (κ1) is 20.0. The molecule has 5 nitrogen and oxygen atoms in total. The van der Waals surface area contributed by atoms with Crippen LogP contribution in [0.2, 0.25) is 5.02 Å². The van der Waals surface area contributed by atoms with E-state index in [2.05, 4.69) is 0 Å². The van der Waals surface area contributed by atoms with Gasteiger partial charge >= 0.3 is 0 Å². The molecule has 0 radical (unpaired) electrons. The van der Waals surface area contributed by atoms with E-state index in [9.17, 15) is 9.59 Å². The number of halogens is 1. The van der Waals surface area contributed by atoms with Crippen molar-refractivity contribution in [1.29, 1.82) is 0 Å². The Morgan fingerprint density at radius 1 is 1.14 bits per heavy atom. The number of aromatic nitrogens is 2. The van der Waals surface area contributed by atoms with E-state index in [4.69, 9.17) is 16.6 Å². The quantitative estimate of drug-likeness (QED) is 0.452. The molecule has 150 valence electrons. The highest BCUT2D eigenvalue weighted by Crippen LogP contribution is 2.26. The summed E-state index contributed by atoms with van der Waals surface area (Å²) in [6.45, 7) is 3.89. The van der Waals surface area contributed by atoms with E-state index < -0.39 is 0 Å². The molecule has 0 saturated carbocycles. The van der Waals surface area contributed by atoms with E-state index in [1.165, 1.54) is 11.8 Å². The van der Waals surface area contributed by atoms with E-state index in [1.54, 1.807) is 10.6 Å². The molecule has 0 unspecified atom stereocenters. The van der Waals surface area contributed by atoms with Crippen molar-refractivity contribution in [2.75, 3.05) is 13.1 Å². The molecule has 7 heteroatoms. The largest absolute Gasteiger partial charge is 0.342 e. The number of hydrogen-bond donors (Lipinski definition) is 0. The summed E-state index contributed by atoms with van der Waals surface area (Å²) in [5.41, 5.74) is 1.50. The number of fused-ring (bicyclic) bond motifs is 1. The fraction of sp³-hybridized carbons (Fsp3) is 0.318. The van der Waals surface area contributed by atoms with Crippen LogP contribution in [0.4, 0.5) is 0 Å². The number of rotatable bonds is 5. The van der Waals surface area contributed by atoms with Crippen LogP contribution in [0, 0.1) is 0 Å². The summed E-state index contributed by atoms with van der Waals surface area (Å²) in [5, 5.41) is 1.47. The predicted molar refractivity (Wildman–Crippen MR) is 118 cm³/mol. The molecule has 0 aliphatic carbocycles. The van der Waals surface area contributed by atoms with Crippen molar-refractivity contribution in [3.05, 3.63) is 69.5 Å². The number of benzene rings is 2. The average Bonchev–Trinajstić information content (AvgIpc) is 3.26. The molecule has 2 aromatic carbocycles. The van der Waals surface area contributed by atoms with E-state index >= 15 is 0 Å². The normalized spacial score (nSPS) is 15.0. The summed E-state index contributed by atoms with van der Waals surface area (Å²) >= 11 is 7.35. The van der Waals surface area contributed by atoms with Gasteiger partial charge in [-0.1, -0.05) is 47.6 Å². The number of para-hydroxylation sites is 1. The van der Waals surface area contributed by atoms with Crippen LogP contribution in [-0.2, 0) is 11.3 Å². The average molecular weight is 428 g/mol. The second-order valence-electron chi connectivity index (χ2n) is 7.22. The predicted octanol–water partition coefficient (Wildman–Crippen LogP) is 4.20. The van der Waals surface area contributed by atoms with Gasteiger partial charge in [0.05, 0.1) is 22.7 Å². The molecule has 1 amide bonds. The fourth-order valence-electron chi connectivity index (χ4n) is 3.55. The van der Waals surface area contributed by atoms with Gasteiger partial charge in [-0.2, -0.15) is 0 Å². The summed E-state index contributed by atoms with van der Waals surface area (Å²) in [4.78, 5) is 32.6. The number of nitrogens with zero attached hydrogens (tertiary/aromatic N) is 3. The summed E-state index contributed by atoms with van der Waals surface area (Å²) in [6, 6.07) is 14.7. The van der Waals surface area contributed by atoms with Gasteiger partial charge in [-0.3, -0.25) is 14.2 Å². The zero-order valence-electron chi connectivity index (χ0n) is 16.2. The molecule has 29 heavy (non-hydrogen) atoms. The maximum absolute atomic E-state index is 13.2. The highest BCUT2D eigenvalue weighted by Gasteiger charge is 2.25. The summed E-state index contributed by atoms with van der Waals surface area (Å²) in [7, 11) is 0. The minimum atomic E-state index is -0.308. The molecule has 1 fully saturated rings. The Bertz CT molecular complexity index is 1090. The van der Waals surface area contributed by atoms with E-state index in [1.807, 2.05) is 54.3 Å². The molecule has 1 aromatic heterocycles. The number of likely N-dealkylation sites (tertiary alicyclic amines) is 1. The van der Waals surface area contributed by atoms with Crippen LogP contribution in [0.25, 0.3) is 10.9 Å². The number of amides is 1. The van der Waals surface area contributed by atoms with Crippen LogP contribution in [0.3, 0.4) is 0 Å². The smallest absolute Gasteiger partial charge is 0.262 e. The maximum Gasteiger partial charge on any atom is 0.262 e. The van der Waals surface area contributed by atoms with Gasteiger partial charge in [0.2, 0.25) is 5.91 Å². The van der Waals surface area contributed by atoms with Gasteiger partial charge in [-0.05, 0) is 49.6 Å². The Balaban J connectivity index is 1.71. The number of hydrogen-bond acceptors (Lipinski definition) is 4. The molecule has 0 bridgehead atoms. The Labute approximate surface area is 178 Å². The third-order valence-electron chi connectivity index (χ3n) is 5.13. The van der Waals surface area contributed by atoms with Gasteiger partial charge in [-0.25, -0.2) is 4.98 Å². The van der Waals surface area contributed by atoms with E-state index in [0.29, 0.717) is 27.6 Å². The standard InChI is InChI=1S/C22H22ClN3O2S/c1-15(20(27)25-12-4-5-13-25)29-22-24-19-7-3-2-6-18(19)21(28)26(22)14-16-8-10-17(23)11-9-16/h2-3,6-11,15H,4-5,12-14H2,1H3/t15-/m1/s1. The third kappa shape index (κ3) is 4.33. The number of carbonyl (C=O) groups is 1. The van der Waals surface area contributed by atoms with Gasteiger partial charge in [0, 0.05) is 18.1 Å². The maximum atomic E-state index is 13.2. The van der Waals surface area contributed by atoms with Gasteiger partial charge in [-0.15, -0.1) is 0 Å². The SMILES string of the molecule is C[C@@H](Sc1nc2ccccc2c(=O)n1Cc1ccc(Cl)cc1)C(=O)N1CCCC1. The topological polar surface area (TPSA) is 55.2 Å². The molecule has 1 aliphatic heterocycles. The fourth-order valence-corrected chi connectivity index (χ4v) is 4.67. The van der Waals surface area contributed by atoms with E-state index in [-0.39, 0.29) is 16.7 Å². The van der Waals surface area contributed by atoms with Gasteiger partial charge < -0.3 is 4.90 Å². The molecule has 1 saturated heterocycles. The molecule has 1 atom stereocenters. The van der Waals surface area contributed by atoms with Crippen molar-refractivity contribution in [3.63, 3.8) is 0 Å². The second kappa shape index (κ2) is 8.59.